The van der Waals surface area contributed by atoms with Crippen molar-refractivity contribution >= 4 is 6.01 Å². The zero-order valence-corrected chi connectivity index (χ0v) is 19.2. The molecule has 5 rings (SSSR count). The van der Waals surface area contributed by atoms with Crippen molar-refractivity contribution in [3.05, 3.63) is 82.1 Å². The summed E-state index contributed by atoms with van der Waals surface area (Å²) in [6, 6.07) is 13.9. The van der Waals surface area contributed by atoms with Gasteiger partial charge in [-0.2, -0.15) is 10.1 Å². The third-order valence-electron chi connectivity index (χ3n) is 6.05. The molecule has 10 heteroatoms. The fraction of sp³-hybridized carbons (Fsp3) is 0.280. The van der Waals surface area contributed by atoms with Crippen LogP contribution in [0, 0.1) is 11.6 Å². The highest BCUT2D eigenvalue weighted by atomic mass is 19.1. The lowest BCUT2D eigenvalue weighted by molar-refractivity contribution is 0.262. The molecule has 0 bridgehead atoms. The van der Waals surface area contributed by atoms with Gasteiger partial charge in [0.15, 0.2) is 0 Å². The van der Waals surface area contributed by atoms with E-state index in [0.29, 0.717) is 17.5 Å². The number of hydrogen-bond donors (Lipinski definition) is 0. The molecule has 0 N–H and O–H groups in total. The fourth-order valence-corrected chi connectivity index (χ4v) is 4.12. The van der Waals surface area contributed by atoms with Crippen LogP contribution in [-0.2, 0) is 6.54 Å². The first-order valence-electron chi connectivity index (χ1n) is 11.4. The van der Waals surface area contributed by atoms with Crippen LogP contribution < -0.4 is 10.5 Å². The summed E-state index contributed by atoms with van der Waals surface area (Å²) < 4.78 is 34.0. The molecule has 35 heavy (non-hydrogen) atoms. The highest BCUT2D eigenvalue weighted by Crippen LogP contribution is 2.23. The average molecular weight is 479 g/mol. The lowest BCUT2D eigenvalue weighted by Gasteiger charge is -2.32. The third kappa shape index (κ3) is 5.12. The van der Waals surface area contributed by atoms with Crippen LogP contribution in [-0.4, -0.2) is 57.5 Å². The van der Waals surface area contributed by atoms with Gasteiger partial charge >= 0.3 is 6.01 Å². The van der Waals surface area contributed by atoms with E-state index in [1.165, 1.54) is 28.9 Å². The monoisotopic (exact) mass is 478 g/mol. The maximum atomic E-state index is 13.6. The molecular weight excluding hydrogens is 454 g/mol. The molecular formula is C25H24F2N6O2. The molecule has 0 saturated carbocycles. The summed E-state index contributed by atoms with van der Waals surface area (Å²) in [5.41, 5.74) is 1.77. The summed E-state index contributed by atoms with van der Waals surface area (Å²) in [7, 11) is 0. The van der Waals surface area contributed by atoms with E-state index in [-0.39, 0.29) is 17.7 Å². The minimum Gasteiger partial charge on any atom is -0.322 e. The van der Waals surface area contributed by atoms with Gasteiger partial charge in [-0.05, 0) is 36.4 Å². The van der Waals surface area contributed by atoms with Crippen LogP contribution in [0.3, 0.4) is 0 Å². The summed E-state index contributed by atoms with van der Waals surface area (Å²) in [6.07, 6.45) is 0. The molecule has 4 aromatic rings. The van der Waals surface area contributed by atoms with E-state index >= 15 is 0 Å². The number of anilines is 1. The predicted octanol–water partition coefficient (Wildman–Crippen LogP) is 3.43. The maximum absolute atomic E-state index is 13.6. The van der Waals surface area contributed by atoms with Crippen molar-refractivity contribution in [1.82, 2.24) is 24.8 Å². The van der Waals surface area contributed by atoms with Gasteiger partial charge < -0.3 is 14.3 Å². The van der Waals surface area contributed by atoms with Gasteiger partial charge in [0.1, 0.15) is 11.6 Å². The van der Waals surface area contributed by atoms with Gasteiger partial charge in [-0.15, -0.1) is 0 Å². The molecule has 1 fully saturated rings. The Morgan fingerprint density at radius 1 is 0.943 bits per heavy atom. The minimum atomic E-state index is -0.709. The second-order valence-electron chi connectivity index (χ2n) is 8.39. The number of likely N-dealkylation sites (N-methyl/N-ethyl adjacent to an activating group) is 1. The Bertz CT molecular complexity index is 1370. The van der Waals surface area contributed by atoms with E-state index in [2.05, 4.69) is 32.0 Å². The molecule has 1 saturated heterocycles. The smallest absolute Gasteiger partial charge is 0.322 e. The van der Waals surface area contributed by atoms with E-state index in [9.17, 15) is 13.6 Å². The molecule has 2 aromatic carbocycles. The van der Waals surface area contributed by atoms with Gasteiger partial charge in [0, 0.05) is 49.4 Å². The highest BCUT2D eigenvalue weighted by Gasteiger charge is 2.21. The number of piperazine rings is 1. The first-order valence-corrected chi connectivity index (χ1v) is 11.4. The summed E-state index contributed by atoms with van der Waals surface area (Å²) >= 11 is 0. The molecule has 0 radical (unpaired) electrons. The third-order valence-corrected chi connectivity index (χ3v) is 6.05. The van der Waals surface area contributed by atoms with Crippen LogP contribution in [0.5, 0.6) is 0 Å². The van der Waals surface area contributed by atoms with Crippen LogP contribution in [0.15, 0.2) is 63.9 Å². The average Bonchev–Trinajstić information content (AvgIpc) is 3.35. The Morgan fingerprint density at radius 3 is 2.46 bits per heavy atom. The highest BCUT2D eigenvalue weighted by molar-refractivity contribution is 5.59. The zero-order valence-electron chi connectivity index (χ0n) is 19.2. The Labute approximate surface area is 200 Å². The summed E-state index contributed by atoms with van der Waals surface area (Å²) in [6.45, 7) is 6.90. The van der Waals surface area contributed by atoms with E-state index < -0.39 is 11.6 Å². The topological polar surface area (TPSA) is 80.3 Å². The van der Waals surface area contributed by atoms with E-state index in [0.717, 1.165) is 49.9 Å². The van der Waals surface area contributed by atoms with Gasteiger partial charge in [-0.3, -0.25) is 4.79 Å². The van der Waals surface area contributed by atoms with Crippen molar-refractivity contribution < 1.29 is 13.3 Å². The van der Waals surface area contributed by atoms with Crippen LogP contribution >= 0.6 is 0 Å². The van der Waals surface area contributed by atoms with Crippen molar-refractivity contribution in [1.29, 1.82) is 0 Å². The van der Waals surface area contributed by atoms with E-state index in [1.54, 1.807) is 0 Å². The Balaban J connectivity index is 1.36. The number of benzene rings is 2. The van der Waals surface area contributed by atoms with Crippen LogP contribution in [0.2, 0.25) is 0 Å². The van der Waals surface area contributed by atoms with Gasteiger partial charge in [0.05, 0.1) is 12.2 Å². The maximum Gasteiger partial charge on any atom is 0.324 e. The number of halogens is 2. The standard InChI is InChI=1S/C25H24F2N6O2/c1-2-31-8-10-32(11-9-31)25-28-24(30-35-25)18-5-3-4-17(12-18)16-33-23(34)7-6-22(29-33)19-13-20(26)15-21(27)14-19/h3-7,12-15H,2,8-11,16H2,1H3. The number of hydrogen-bond acceptors (Lipinski definition) is 7. The molecule has 180 valence electrons. The van der Waals surface area contributed by atoms with E-state index in [4.69, 9.17) is 4.52 Å². The molecule has 3 heterocycles. The molecule has 8 nitrogen and oxygen atoms in total. The molecule has 1 aliphatic heterocycles. The predicted molar refractivity (Wildman–Crippen MR) is 127 cm³/mol. The van der Waals surface area contributed by atoms with Gasteiger partial charge in [-0.25, -0.2) is 13.5 Å². The van der Waals surface area contributed by atoms with Crippen molar-refractivity contribution in [3.8, 4) is 22.6 Å². The van der Waals surface area contributed by atoms with Crippen molar-refractivity contribution in [2.24, 2.45) is 0 Å². The lowest BCUT2D eigenvalue weighted by Crippen LogP contribution is -2.46. The molecule has 0 spiro atoms. The number of rotatable bonds is 6. The minimum absolute atomic E-state index is 0.169. The normalized spacial score (nSPS) is 14.4. The first-order chi connectivity index (χ1) is 17.0. The van der Waals surface area contributed by atoms with Crippen LogP contribution in [0.1, 0.15) is 12.5 Å². The van der Waals surface area contributed by atoms with Gasteiger partial charge in [-0.1, -0.05) is 30.3 Å². The summed E-state index contributed by atoms with van der Waals surface area (Å²) in [4.78, 5) is 21.4. The quantitative estimate of drug-likeness (QED) is 0.420. The molecule has 2 aromatic heterocycles. The Kier molecular flexibility index (Phi) is 6.37. The van der Waals surface area contributed by atoms with Crippen molar-refractivity contribution in [2.45, 2.75) is 13.5 Å². The summed E-state index contributed by atoms with van der Waals surface area (Å²) in [5.74, 6) is -0.956. The number of aromatic nitrogens is 4. The van der Waals surface area contributed by atoms with Gasteiger partial charge in [0.25, 0.3) is 5.56 Å². The van der Waals surface area contributed by atoms with Crippen molar-refractivity contribution in [2.75, 3.05) is 37.6 Å². The largest absolute Gasteiger partial charge is 0.324 e. The Morgan fingerprint density at radius 2 is 1.71 bits per heavy atom. The van der Waals surface area contributed by atoms with E-state index in [1.807, 2.05) is 24.3 Å². The summed E-state index contributed by atoms with van der Waals surface area (Å²) in [5, 5.41) is 8.45. The molecule has 0 amide bonds. The number of nitrogens with zero attached hydrogens (tertiary/aromatic N) is 6. The molecule has 0 unspecified atom stereocenters. The van der Waals surface area contributed by atoms with Gasteiger partial charge in [0.2, 0.25) is 5.82 Å². The molecule has 0 aliphatic carbocycles. The second kappa shape index (κ2) is 9.75. The van der Waals surface area contributed by atoms with Crippen LogP contribution in [0.25, 0.3) is 22.6 Å². The van der Waals surface area contributed by atoms with Crippen LogP contribution in [0.4, 0.5) is 14.8 Å². The molecule has 1 aliphatic rings. The second-order valence-corrected chi connectivity index (χ2v) is 8.39. The Hall–Kier alpha value is -3.92. The lowest BCUT2D eigenvalue weighted by atomic mass is 10.1. The first kappa shape index (κ1) is 22.9. The SMILES string of the molecule is CCN1CCN(c2nc(-c3cccc(Cn4nc(-c5cc(F)cc(F)c5)ccc4=O)c3)no2)CC1. The molecule has 0 atom stereocenters. The zero-order chi connectivity index (χ0) is 24.4. The van der Waals surface area contributed by atoms with Crippen molar-refractivity contribution in [3.63, 3.8) is 0 Å². The fourth-order valence-electron chi connectivity index (χ4n) is 4.12.